The molecule has 3 heteroatoms. The molecule has 4 fully saturated rings. The molecule has 4 aliphatic rings. The van der Waals surface area contributed by atoms with Gasteiger partial charge in [-0.05, 0) is 98.7 Å². The van der Waals surface area contributed by atoms with Crippen LogP contribution in [0.25, 0.3) is 0 Å². The Morgan fingerprint density at radius 3 is 2.45 bits per heavy atom. The zero-order valence-corrected chi connectivity index (χ0v) is 22.2. The lowest BCUT2D eigenvalue weighted by Gasteiger charge is -2.69. The van der Waals surface area contributed by atoms with E-state index in [4.69, 9.17) is 4.74 Å². The second kappa shape index (κ2) is 8.54. The van der Waals surface area contributed by atoms with E-state index in [-0.39, 0.29) is 33.7 Å². The first-order chi connectivity index (χ1) is 15.4. The molecule has 0 amide bonds. The van der Waals surface area contributed by atoms with Crippen molar-refractivity contribution in [3.8, 4) is 0 Å². The summed E-state index contributed by atoms with van der Waals surface area (Å²) in [5.41, 5.74) is 1.59. The summed E-state index contributed by atoms with van der Waals surface area (Å²) < 4.78 is 5.81. The summed E-state index contributed by atoms with van der Waals surface area (Å²) in [6, 6.07) is 0. The van der Waals surface area contributed by atoms with Gasteiger partial charge < -0.3 is 9.84 Å². The average Bonchev–Trinajstić information content (AvgIpc) is 3.11. The number of esters is 1. The smallest absolute Gasteiger partial charge is 0.306 e. The third-order valence-corrected chi connectivity index (χ3v) is 11.2. The first-order valence-corrected chi connectivity index (χ1v) is 13.5. The topological polar surface area (TPSA) is 46.5 Å². The van der Waals surface area contributed by atoms with Crippen molar-refractivity contribution >= 4 is 5.97 Å². The number of ether oxygens (including phenoxy) is 1. The van der Waals surface area contributed by atoms with Crippen molar-refractivity contribution < 1.29 is 14.6 Å². The van der Waals surface area contributed by atoms with E-state index in [1.165, 1.54) is 18.4 Å². The van der Waals surface area contributed by atoms with Gasteiger partial charge in [0.2, 0.25) is 0 Å². The fraction of sp³-hybridized carbons (Fsp3) is 0.833. The molecule has 8 atom stereocenters. The molecule has 0 aromatic carbocycles. The highest BCUT2D eigenvalue weighted by Gasteiger charge is 2.69. The summed E-state index contributed by atoms with van der Waals surface area (Å²) in [5.74, 6) is 2.18. The summed E-state index contributed by atoms with van der Waals surface area (Å²) >= 11 is 0. The minimum Gasteiger partial charge on any atom is -0.465 e. The van der Waals surface area contributed by atoms with E-state index < -0.39 is 0 Å². The van der Waals surface area contributed by atoms with Gasteiger partial charge in [-0.25, -0.2) is 0 Å². The molecule has 1 N–H and O–H groups in total. The molecule has 3 nitrogen and oxygen atoms in total. The van der Waals surface area contributed by atoms with Crippen LogP contribution >= 0.6 is 0 Å². The largest absolute Gasteiger partial charge is 0.465 e. The summed E-state index contributed by atoms with van der Waals surface area (Å²) in [7, 11) is 0. The summed E-state index contributed by atoms with van der Waals surface area (Å²) in [6.45, 7) is 16.9. The first-order valence-electron chi connectivity index (χ1n) is 13.5. The normalized spacial score (nSPS) is 45.4. The van der Waals surface area contributed by atoms with Crippen LogP contribution in [0.1, 0.15) is 99.8 Å². The quantitative estimate of drug-likeness (QED) is 0.362. The van der Waals surface area contributed by atoms with Gasteiger partial charge in [0.05, 0.1) is 19.1 Å². The number of aliphatic hydroxyl groups is 1. The standard InChI is InChI=1S/C30H48O3/c1-20(2)9-8-10-21(3)17-22-11-12-24-28(6)15-14-25(31)27(4,5)23(28)13-16-29(24,7)30(22)18-26(32)33-19-30/h8-10,21-25,31H,11-19H2,1-7H3/b10-8+/t21?,22-,23?,24-,25+,28+,29-,30+/m1/s1. The number of hydrogen-bond acceptors (Lipinski definition) is 3. The van der Waals surface area contributed by atoms with E-state index in [0.29, 0.717) is 36.7 Å². The lowest BCUT2D eigenvalue weighted by atomic mass is 9.34. The van der Waals surface area contributed by atoms with E-state index in [1.54, 1.807) is 0 Å². The molecule has 1 spiro atoms. The zero-order chi connectivity index (χ0) is 24.2. The highest BCUT2D eigenvalue weighted by Crippen LogP contribution is 2.73. The number of hydrogen-bond donors (Lipinski definition) is 1. The molecule has 1 aliphatic heterocycles. The lowest BCUT2D eigenvalue weighted by Crippen LogP contribution is -2.65. The number of aliphatic hydroxyl groups excluding tert-OH is 1. The van der Waals surface area contributed by atoms with E-state index in [1.807, 2.05) is 0 Å². The van der Waals surface area contributed by atoms with Crippen LogP contribution in [-0.4, -0.2) is 23.8 Å². The van der Waals surface area contributed by atoms with Crippen LogP contribution in [0.2, 0.25) is 0 Å². The molecule has 4 rings (SSSR count). The molecular weight excluding hydrogens is 408 g/mol. The molecule has 0 aromatic heterocycles. The fourth-order valence-electron chi connectivity index (χ4n) is 9.40. The van der Waals surface area contributed by atoms with Gasteiger partial charge in [-0.3, -0.25) is 4.79 Å². The van der Waals surface area contributed by atoms with Crippen LogP contribution in [0, 0.1) is 45.3 Å². The predicted octanol–water partition coefficient (Wildman–Crippen LogP) is 7.10. The Morgan fingerprint density at radius 1 is 1.09 bits per heavy atom. The number of fused-ring (bicyclic) bond motifs is 4. The van der Waals surface area contributed by atoms with Gasteiger partial charge >= 0.3 is 5.97 Å². The van der Waals surface area contributed by atoms with Crippen LogP contribution in [0.5, 0.6) is 0 Å². The number of allylic oxidation sites excluding steroid dienone is 4. The highest BCUT2D eigenvalue weighted by atomic mass is 16.5. The minimum atomic E-state index is -0.199. The van der Waals surface area contributed by atoms with Gasteiger partial charge in [0, 0.05) is 5.41 Å². The molecule has 3 saturated carbocycles. The average molecular weight is 457 g/mol. The summed E-state index contributed by atoms with van der Waals surface area (Å²) in [5, 5.41) is 10.9. The number of cyclic esters (lactones) is 1. The van der Waals surface area contributed by atoms with Crippen LogP contribution in [0.3, 0.4) is 0 Å². The number of carbonyl (C=O) groups is 1. The van der Waals surface area contributed by atoms with Crippen LogP contribution in [-0.2, 0) is 9.53 Å². The Morgan fingerprint density at radius 2 is 1.82 bits per heavy atom. The monoisotopic (exact) mass is 456 g/mol. The van der Waals surface area contributed by atoms with Crippen molar-refractivity contribution in [2.75, 3.05) is 6.61 Å². The Labute approximate surface area is 202 Å². The van der Waals surface area contributed by atoms with E-state index in [9.17, 15) is 9.90 Å². The zero-order valence-electron chi connectivity index (χ0n) is 22.2. The first kappa shape index (κ1) is 25.0. The molecule has 186 valence electrons. The predicted molar refractivity (Wildman–Crippen MR) is 135 cm³/mol. The molecule has 1 heterocycles. The molecule has 2 unspecified atom stereocenters. The molecule has 0 aromatic rings. The van der Waals surface area contributed by atoms with Gasteiger partial charge in [-0.2, -0.15) is 0 Å². The summed E-state index contributed by atoms with van der Waals surface area (Å²) in [6.07, 6.45) is 15.1. The van der Waals surface area contributed by atoms with Crippen molar-refractivity contribution in [3.05, 3.63) is 23.8 Å². The van der Waals surface area contributed by atoms with Crippen molar-refractivity contribution in [2.24, 2.45) is 45.3 Å². The lowest BCUT2D eigenvalue weighted by molar-refractivity contribution is -0.228. The SMILES string of the molecule is CC(C)=C/C=C/C(C)C[C@H]1CC[C@@H]2[C@@]3(C)CC[C@H](O)C(C)(C)C3CC[C@@]2(C)[C@@]12COC(=O)C2. The van der Waals surface area contributed by atoms with E-state index in [0.717, 1.165) is 32.1 Å². The van der Waals surface area contributed by atoms with Gasteiger partial charge in [-0.1, -0.05) is 58.4 Å². The second-order valence-electron chi connectivity index (χ2n) is 13.6. The van der Waals surface area contributed by atoms with Crippen LogP contribution < -0.4 is 0 Å². The molecule has 0 bridgehead atoms. The van der Waals surface area contributed by atoms with E-state index >= 15 is 0 Å². The maximum Gasteiger partial charge on any atom is 0.306 e. The van der Waals surface area contributed by atoms with Gasteiger partial charge in [0.1, 0.15) is 0 Å². The van der Waals surface area contributed by atoms with Crippen LogP contribution in [0.15, 0.2) is 23.8 Å². The fourth-order valence-corrected chi connectivity index (χ4v) is 9.40. The maximum atomic E-state index is 12.6. The van der Waals surface area contributed by atoms with Gasteiger partial charge in [-0.15, -0.1) is 0 Å². The Balaban J connectivity index is 1.66. The van der Waals surface area contributed by atoms with Crippen molar-refractivity contribution in [1.29, 1.82) is 0 Å². The maximum absolute atomic E-state index is 12.6. The molecule has 33 heavy (non-hydrogen) atoms. The minimum absolute atomic E-state index is 0.0151. The van der Waals surface area contributed by atoms with Crippen molar-refractivity contribution in [3.63, 3.8) is 0 Å². The molecule has 3 aliphatic carbocycles. The molecule has 1 saturated heterocycles. The molecule has 0 radical (unpaired) electrons. The van der Waals surface area contributed by atoms with Crippen molar-refractivity contribution in [2.45, 2.75) is 106 Å². The van der Waals surface area contributed by atoms with Gasteiger partial charge in [0.15, 0.2) is 0 Å². The van der Waals surface area contributed by atoms with Crippen LogP contribution in [0.4, 0.5) is 0 Å². The van der Waals surface area contributed by atoms with E-state index in [2.05, 4.69) is 66.7 Å². The Kier molecular flexibility index (Phi) is 6.47. The third kappa shape index (κ3) is 3.85. The summed E-state index contributed by atoms with van der Waals surface area (Å²) in [4.78, 5) is 12.6. The number of rotatable bonds is 4. The Hall–Kier alpha value is -1.09. The van der Waals surface area contributed by atoms with Gasteiger partial charge in [0.25, 0.3) is 0 Å². The third-order valence-electron chi connectivity index (χ3n) is 11.2. The van der Waals surface area contributed by atoms with Crippen molar-refractivity contribution in [1.82, 2.24) is 0 Å². The highest BCUT2D eigenvalue weighted by molar-refractivity contribution is 5.73. The molecular formula is C30H48O3. The number of carbonyl (C=O) groups excluding carboxylic acids is 1. The Bertz CT molecular complexity index is 820. The second-order valence-corrected chi connectivity index (χ2v) is 13.6.